The minimum Gasteiger partial charge on any atom is -0.315 e. The fourth-order valence-electron chi connectivity index (χ4n) is 2.90. The lowest BCUT2D eigenvalue weighted by Crippen LogP contribution is -2.37. The molecule has 1 aromatic carbocycles. The summed E-state index contributed by atoms with van der Waals surface area (Å²) in [5.41, 5.74) is 5.05. The summed E-state index contributed by atoms with van der Waals surface area (Å²) in [6.07, 6.45) is 0.848. The minimum absolute atomic E-state index is 0.000662. The number of hydrogen-bond donors (Lipinski definition) is 2. The second-order valence-electron chi connectivity index (χ2n) is 5.77. The van der Waals surface area contributed by atoms with Crippen molar-refractivity contribution in [3.63, 3.8) is 0 Å². The van der Waals surface area contributed by atoms with E-state index in [0.29, 0.717) is 11.4 Å². The van der Waals surface area contributed by atoms with Gasteiger partial charge in [-0.25, -0.2) is 13.1 Å². The Hall–Kier alpha value is -0.910. The highest BCUT2D eigenvalue weighted by atomic mass is 32.2. The molecule has 1 atom stereocenters. The maximum Gasteiger partial charge on any atom is 0.241 e. The van der Waals surface area contributed by atoms with Crippen LogP contribution < -0.4 is 10.0 Å². The predicted molar refractivity (Wildman–Crippen MR) is 81.7 cm³/mol. The standard InChI is InChI=1S/C15H24N2O2S/c1-9-10(2)12(4)15(13(5)11(9)3)20(18,19)17-14-6-7-16-8-14/h14,16-17H,6-8H2,1-5H3/t14-/m0/s1. The van der Waals surface area contributed by atoms with Crippen LogP contribution in [0.5, 0.6) is 0 Å². The molecule has 0 bridgehead atoms. The second kappa shape index (κ2) is 5.47. The molecule has 2 rings (SSSR count). The molecule has 0 saturated carbocycles. The molecule has 1 aliphatic rings. The monoisotopic (exact) mass is 296 g/mol. The molecule has 1 fully saturated rings. The molecule has 1 saturated heterocycles. The fourth-order valence-corrected chi connectivity index (χ4v) is 4.77. The van der Waals surface area contributed by atoms with Crippen LogP contribution in [0.4, 0.5) is 0 Å². The first kappa shape index (κ1) is 15.5. The summed E-state index contributed by atoms with van der Waals surface area (Å²) in [5.74, 6) is 0. The fraction of sp³-hybridized carbons (Fsp3) is 0.600. The molecule has 1 heterocycles. The Morgan fingerprint density at radius 1 is 0.950 bits per heavy atom. The van der Waals surface area contributed by atoms with E-state index in [1.165, 1.54) is 5.56 Å². The van der Waals surface area contributed by atoms with Crippen LogP contribution in [-0.2, 0) is 10.0 Å². The van der Waals surface area contributed by atoms with Gasteiger partial charge in [-0.1, -0.05) is 0 Å². The molecular formula is C15H24N2O2S. The topological polar surface area (TPSA) is 58.2 Å². The van der Waals surface area contributed by atoms with E-state index in [0.717, 1.165) is 35.2 Å². The first-order valence-electron chi connectivity index (χ1n) is 7.05. The van der Waals surface area contributed by atoms with Crippen molar-refractivity contribution in [1.82, 2.24) is 10.0 Å². The third-order valence-electron chi connectivity index (χ3n) is 4.58. The maximum atomic E-state index is 12.7. The lowest BCUT2D eigenvalue weighted by molar-refractivity contribution is 0.558. The first-order chi connectivity index (χ1) is 9.25. The van der Waals surface area contributed by atoms with Crippen molar-refractivity contribution in [3.05, 3.63) is 27.8 Å². The molecule has 4 nitrogen and oxygen atoms in total. The third kappa shape index (κ3) is 2.62. The largest absolute Gasteiger partial charge is 0.315 e. The molecular weight excluding hydrogens is 272 g/mol. The Morgan fingerprint density at radius 2 is 1.45 bits per heavy atom. The molecule has 0 amide bonds. The molecule has 0 spiro atoms. The van der Waals surface area contributed by atoms with Gasteiger partial charge >= 0.3 is 0 Å². The highest BCUT2D eigenvalue weighted by Crippen LogP contribution is 2.29. The summed E-state index contributed by atoms with van der Waals surface area (Å²) >= 11 is 0. The summed E-state index contributed by atoms with van der Waals surface area (Å²) in [5, 5.41) is 3.18. The van der Waals surface area contributed by atoms with E-state index in [-0.39, 0.29) is 6.04 Å². The van der Waals surface area contributed by atoms with Gasteiger partial charge in [-0.2, -0.15) is 0 Å². The Morgan fingerprint density at radius 3 is 1.90 bits per heavy atom. The average Bonchev–Trinajstić information content (AvgIpc) is 2.86. The molecule has 1 aromatic rings. The van der Waals surface area contributed by atoms with Crippen molar-refractivity contribution in [2.45, 2.75) is 52.0 Å². The van der Waals surface area contributed by atoms with Crippen molar-refractivity contribution in [3.8, 4) is 0 Å². The highest BCUT2D eigenvalue weighted by Gasteiger charge is 2.27. The number of rotatable bonds is 3. The molecule has 2 N–H and O–H groups in total. The van der Waals surface area contributed by atoms with Crippen LogP contribution in [0.1, 0.15) is 34.2 Å². The van der Waals surface area contributed by atoms with Gasteiger partial charge in [0.25, 0.3) is 0 Å². The summed E-state index contributed by atoms with van der Waals surface area (Å²) in [6.45, 7) is 11.4. The zero-order valence-electron chi connectivity index (χ0n) is 12.9. The normalized spacial score (nSPS) is 19.6. The number of hydrogen-bond acceptors (Lipinski definition) is 3. The summed E-state index contributed by atoms with van der Waals surface area (Å²) in [6, 6.07) is 0.000662. The quantitative estimate of drug-likeness (QED) is 0.895. The van der Waals surface area contributed by atoms with Crippen molar-refractivity contribution < 1.29 is 8.42 Å². The molecule has 0 unspecified atom stereocenters. The van der Waals surface area contributed by atoms with Gasteiger partial charge in [0.05, 0.1) is 4.90 Å². The van der Waals surface area contributed by atoms with E-state index < -0.39 is 10.0 Å². The van der Waals surface area contributed by atoms with E-state index in [1.54, 1.807) is 0 Å². The van der Waals surface area contributed by atoms with Gasteiger partial charge in [-0.3, -0.25) is 0 Å². The van der Waals surface area contributed by atoms with E-state index in [9.17, 15) is 8.42 Å². The minimum atomic E-state index is -3.46. The zero-order valence-corrected chi connectivity index (χ0v) is 13.7. The molecule has 5 heteroatoms. The van der Waals surface area contributed by atoms with Crippen LogP contribution in [0, 0.1) is 34.6 Å². The Kier molecular flexibility index (Phi) is 4.23. The zero-order chi connectivity index (χ0) is 15.1. The van der Waals surface area contributed by atoms with Crippen molar-refractivity contribution in [2.75, 3.05) is 13.1 Å². The third-order valence-corrected chi connectivity index (χ3v) is 6.38. The maximum absolute atomic E-state index is 12.7. The molecule has 0 aromatic heterocycles. The molecule has 0 aliphatic carbocycles. The van der Waals surface area contributed by atoms with Gasteiger partial charge in [-0.15, -0.1) is 0 Å². The van der Waals surface area contributed by atoms with Crippen LogP contribution >= 0.6 is 0 Å². The lowest BCUT2D eigenvalue weighted by atomic mass is 9.95. The van der Waals surface area contributed by atoms with Gasteiger partial charge < -0.3 is 5.32 Å². The van der Waals surface area contributed by atoms with E-state index in [2.05, 4.69) is 17.0 Å². The summed E-state index contributed by atoms with van der Waals surface area (Å²) in [7, 11) is -3.46. The Balaban J connectivity index is 2.51. The SMILES string of the molecule is Cc1c(C)c(C)c(S(=O)(=O)N[C@H]2CCNC2)c(C)c1C. The van der Waals surface area contributed by atoms with E-state index in [4.69, 9.17) is 0 Å². The van der Waals surface area contributed by atoms with Gasteiger partial charge in [-0.05, 0) is 75.4 Å². The number of nitrogens with one attached hydrogen (secondary N) is 2. The lowest BCUT2D eigenvalue weighted by Gasteiger charge is -2.20. The predicted octanol–water partition coefficient (Wildman–Crippen LogP) is 1.87. The van der Waals surface area contributed by atoms with Crippen LogP contribution in [0.3, 0.4) is 0 Å². The van der Waals surface area contributed by atoms with Gasteiger partial charge in [0.2, 0.25) is 10.0 Å². The van der Waals surface area contributed by atoms with Crippen LogP contribution in [0.15, 0.2) is 4.90 Å². The van der Waals surface area contributed by atoms with Crippen molar-refractivity contribution >= 4 is 10.0 Å². The van der Waals surface area contributed by atoms with Gasteiger partial charge in [0.15, 0.2) is 0 Å². The summed E-state index contributed by atoms with van der Waals surface area (Å²) in [4.78, 5) is 0.463. The van der Waals surface area contributed by atoms with Crippen LogP contribution in [0.25, 0.3) is 0 Å². The molecule has 112 valence electrons. The van der Waals surface area contributed by atoms with Gasteiger partial charge in [0.1, 0.15) is 0 Å². The van der Waals surface area contributed by atoms with Crippen molar-refractivity contribution in [2.24, 2.45) is 0 Å². The summed E-state index contributed by atoms with van der Waals surface area (Å²) < 4.78 is 28.3. The van der Waals surface area contributed by atoms with E-state index in [1.807, 2.05) is 27.7 Å². The van der Waals surface area contributed by atoms with Crippen molar-refractivity contribution in [1.29, 1.82) is 0 Å². The molecule has 20 heavy (non-hydrogen) atoms. The Bertz CT molecular complexity index is 601. The first-order valence-corrected chi connectivity index (χ1v) is 8.54. The van der Waals surface area contributed by atoms with Crippen LogP contribution in [-0.4, -0.2) is 27.5 Å². The van der Waals surface area contributed by atoms with E-state index >= 15 is 0 Å². The highest BCUT2D eigenvalue weighted by molar-refractivity contribution is 7.89. The second-order valence-corrected chi connectivity index (χ2v) is 7.42. The van der Waals surface area contributed by atoms with Gasteiger partial charge in [0, 0.05) is 12.6 Å². The molecule has 1 aliphatic heterocycles. The van der Waals surface area contributed by atoms with Crippen LogP contribution in [0.2, 0.25) is 0 Å². The molecule has 0 radical (unpaired) electrons. The number of sulfonamides is 1. The smallest absolute Gasteiger partial charge is 0.241 e. The average molecular weight is 296 g/mol. The number of benzene rings is 1. The Labute approximate surface area is 122 Å².